The van der Waals surface area contributed by atoms with E-state index in [1.54, 1.807) is 11.3 Å². The van der Waals surface area contributed by atoms with Crippen LogP contribution < -0.4 is 0 Å². The van der Waals surface area contributed by atoms with Gasteiger partial charge in [-0.2, -0.15) is 0 Å². The van der Waals surface area contributed by atoms with Gasteiger partial charge in [0.2, 0.25) is 0 Å². The van der Waals surface area contributed by atoms with Crippen molar-refractivity contribution in [2.45, 2.75) is 50.9 Å². The number of alkyl halides is 1. The van der Waals surface area contributed by atoms with E-state index in [9.17, 15) is 0 Å². The predicted molar refractivity (Wildman–Crippen MR) is 64.8 cm³/mol. The first-order valence-corrected chi connectivity index (χ1v) is 7.13. The zero-order valence-corrected chi connectivity index (χ0v) is 10.5. The van der Waals surface area contributed by atoms with Crippen LogP contribution in [-0.2, 0) is 6.42 Å². The minimum Gasteiger partial charge on any atom is -0.144 e. The number of halogens is 1. The van der Waals surface area contributed by atoms with Gasteiger partial charge >= 0.3 is 0 Å². The highest BCUT2D eigenvalue weighted by atomic mass is 35.5. The van der Waals surface area contributed by atoms with E-state index in [0.29, 0.717) is 11.8 Å². The number of rotatable bonds is 3. The second-order valence-corrected chi connectivity index (χ2v) is 5.63. The van der Waals surface area contributed by atoms with Gasteiger partial charge < -0.3 is 0 Å². The maximum absolute atomic E-state index is 5.70. The molecule has 0 bridgehead atoms. The second kappa shape index (κ2) is 5.80. The van der Waals surface area contributed by atoms with Crippen LogP contribution >= 0.6 is 22.9 Å². The molecule has 4 heteroatoms. The fraction of sp³-hybridized carbons (Fsp3) is 0.818. The molecule has 1 fully saturated rings. The van der Waals surface area contributed by atoms with Crippen LogP contribution in [0.15, 0.2) is 0 Å². The molecule has 1 heterocycles. The van der Waals surface area contributed by atoms with Crippen molar-refractivity contribution in [2.24, 2.45) is 0 Å². The largest absolute Gasteiger partial charge is 0.144 e. The molecule has 1 aromatic rings. The van der Waals surface area contributed by atoms with Crippen LogP contribution in [0.1, 0.15) is 54.5 Å². The molecule has 2 nitrogen and oxygen atoms in total. The zero-order chi connectivity index (χ0) is 10.5. The van der Waals surface area contributed by atoms with Gasteiger partial charge in [0.1, 0.15) is 10.0 Å². The van der Waals surface area contributed by atoms with Crippen molar-refractivity contribution in [2.75, 3.05) is 5.88 Å². The average molecular weight is 245 g/mol. The van der Waals surface area contributed by atoms with E-state index in [2.05, 4.69) is 10.2 Å². The molecule has 1 aromatic heterocycles. The van der Waals surface area contributed by atoms with Gasteiger partial charge in [0.25, 0.3) is 0 Å². The van der Waals surface area contributed by atoms with Crippen molar-refractivity contribution in [3.8, 4) is 0 Å². The Hall–Kier alpha value is -0.150. The highest BCUT2D eigenvalue weighted by molar-refractivity contribution is 7.11. The van der Waals surface area contributed by atoms with E-state index in [1.165, 1.54) is 43.5 Å². The lowest BCUT2D eigenvalue weighted by Crippen LogP contribution is -1.96. The van der Waals surface area contributed by atoms with Crippen LogP contribution in [0.3, 0.4) is 0 Å². The monoisotopic (exact) mass is 244 g/mol. The first kappa shape index (κ1) is 11.3. The van der Waals surface area contributed by atoms with E-state index in [4.69, 9.17) is 11.6 Å². The molecule has 1 saturated carbocycles. The number of nitrogens with zero attached hydrogens (tertiary/aromatic N) is 2. The molecular formula is C11H17ClN2S. The first-order valence-electron chi connectivity index (χ1n) is 5.78. The van der Waals surface area contributed by atoms with E-state index < -0.39 is 0 Å². The Balaban J connectivity index is 2.00. The maximum Gasteiger partial charge on any atom is 0.120 e. The smallest absolute Gasteiger partial charge is 0.120 e. The summed E-state index contributed by atoms with van der Waals surface area (Å²) in [6.45, 7) is 0. The van der Waals surface area contributed by atoms with E-state index in [1.807, 2.05) is 0 Å². The summed E-state index contributed by atoms with van der Waals surface area (Å²) in [7, 11) is 0. The summed E-state index contributed by atoms with van der Waals surface area (Å²) in [5.74, 6) is 1.33. The summed E-state index contributed by atoms with van der Waals surface area (Å²) in [4.78, 5) is 0. The van der Waals surface area contributed by atoms with Gasteiger partial charge in [0, 0.05) is 18.2 Å². The Morgan fingerprint density at radius 3 is 2.53 bits per heavy atom. The van der Waals surface area contributed by atoms with Crippen molar-refractivity contribution in [1.82, 2.24) is 10.2 Å². The Kier molecular flexibility index (Phi) is 4.39. The highest BCUT2D eigenvalue weighted by Crippen LogP contribution is 2.33. The summed E-state index contributed by atoms with van der Waals surface area (Å²) in [5.41, 5.74) is 0. The second-order valence-electron chi connectivity index (χ2n) is 4.16. The summed E-state index contributed by atoms with van der Waals surface area (Å²) >= 11 is 7.46. The number of hydrogen-bond donors (Lipinski definition) is 0. The minimum atomic E-state index is 0.652. The lowest BCUT2D eigenvalue weighted by atomic mass is 10.0. The third-order valence-corrected chi connectivity index (χ3v) is 4.33. The van der Waals surface area contributed by atoms with Gasteiger partial charge in [-0.3, -0.25) is 0 Å². The molecule has 0 aromatic carbocycles. The Morgan fingerprint density at radius 2 is 1.87 bits per heavy atom. The third kappa shape index (κ3) is 3.15. The summed E-state index contributed by atoms with van der Waals surface area (Å²) in [6, 6.07) is 0. The van der Waals surface area contributed by atoms with Gasteiger partial charge in [0.15, 0.2) is 0 Å². The fourth-order valence-electron chi connectivity index (χ4n) is 2.14. The molecule has 0 spiro atoms. The Morgan fingerprint density at radius 1 is 1.13 bits per heavy atom. The number of aromatic nitrogens is 2. The van der Waals surface area contributed by atoms with Crippen LogP contribution in [-0.4, -0.2) is 16.1 Å². The van der Waals surface area contributed by atoms with Gasteiger partial charge in [-0.1, -0.05) is 25.7 Å². The molecule has 0 radical (unpaired) electrons. The molecule has 0 aliphatic heterocycles. The van der Waals surface area contributed by atoms with Gasteiger partial charge in [-0.05, 0) is 12.8 Å². The summed E-state index contributed by atoms with van der Waals surface area (Å²) < 4.78 is 0. The van der Waals surface area contributed by atoms with Crippen LogP contribution in [0.4, 0.5) is 0 Å². The SMILES string of the molecule is ClCCc1nnc(C2CCCCCC2)s1. The van der Waals surface area contributed by atoms with Gasteiger partial charge in [-0.25, -0.2) is 0 Å². The molecule has 2 rings (SSSR count). The van der Waals surface area contributed by atoms with E-state index >= 15 is 0 Å². The fourth-order valence-corrected chi connectivity index (χ4v) is 3.44. The number of hydrogen-bond acceptors (Lipinski definition) is 3. The first-order chi connectivity index (χ1) is 7.40. The molecule has 1 aliphatic carbocycles. The predicted octanol–water partition coefficient (Wildman–Crippen LogP) is 3.76. The molecule has 0 saturated heterocycles. The summed E-state index contributed by atoms with van der Waals surface area (Å²) in [5, 5.41) is 10.9. The van der Waals surface area contributed by atoms with Crippen molar-refractivity contribution in [1.29, 1.82) is 0 Å². The van der Waals surface area contributed by atoms with Crippen LogP contribution in [0.25, 0.3) is 0 Å². The quantitative estimate of drug-likeness (QED) is 0.598. The standard InChI is InChI=1S/C11H17ClN2S/c12-8-7-10-13-14-11(15-10)9-5-3-1-2-4-6-9/h9H,1-8H2. The van der Waals surface area contributed by atoms with Crippen LogP contribution in [0, 0.1) is 0 Å². The lowest BCUT2D eigenvalue weighted by Gasteiger charge is -2.08. The highest BCUT2D eigenvalue weighted by Gasteiger charge is 2.18. The van der Waals surface area contributed by atoms with Crippen LogP contribution in [0.2, 0.25) is 0 Å². The molecule has 0 N–H and O–H groups in total. The van der Waals surface area contributed by atoms with Crippen molar-refractivity contribution in [3.63, 3.8) is 0 Å². The normalized spacial score (nSPS) is 19.0. The molecule has 15 heavy (non-hydrogen) atoms. The van der Waals surface area contributed by atoms with Crippen molar-refractivity contribution < 1.29 is 0 Å². The third-order valence-electron chi connectivity index (χ3n) is 3.00. The Bertz CT molecular complexity index is 293. The minimum absolute atomic E-state index is 0.652. The van der Waals surface area contributed by atoms with E-state index in [0.717, 1.165) is 11.4 Å². The number of aryl methyl sites for hydroxylation is 1. The molecule has 0 atom stereocenters. The lowest BCUT2D eigenvalue weighted by molar-refractivity contribution is 0.584. The molecule has 84 valence electrons. The maximum atomic E-state index is 5.70. The zero-order valence-electron chi connectivity index (χ0n) is 8.91. The Labute approximate surface area is 100 Å². The molecule has 1 aliphatic rings. The van der Waals surface area contributed by atoms with Crippen LogP contribution in [0.5, 0.6) is 0 Å². The average Bonchev–Trinajstić information content (AvgIpc) is 2.53. The van der Waals surface area contributed by atoms with Gasteiger partial charge in [0.05, 0.1) is 0 Å². The molecular weight excluding hydrogens is 228 g/mol. The van der Waals surface area contributed by atoms with Crippen molar-refractivity contribution >= 4 is 22.9 Å². The van der Waals surface area contributed by atoms with Gasteiger partial charge in [-0.15, -0.1) is 33.1 Å². The topological polar surface area (TPSA) is 25.8 Å². The van der Waals surface area contributed by atoms with Crippen molar-refractivity contribution in [3.05, 3.63) is 10.0 Å². The molecule has 0 amide bonds. The molecule has 0 unspecified atom stereocenters. The summed E-state index contributed by atoms with van der Waals surface area (Å²) in [6.07, 6.45) is 8.97. The van der Waals surface area contributed by atoms with E-state index in [-0.39, 0.29) is 0 Å².